The van der Waals surface area contributed by atoms with E-state index >= 15 is 0 Å². The molecule has 0 spiro atoms. The van der Waals surface area contributed by atoms with Crippen LogP contribution in [0.5, 0.6) is 5.75 Å². The number of benzene rings is 1. The maximum absolute atomic E-state index is 9.40. The van der Waals surface area contributed by atoms with Gasteiger partial charge in [0.05, 0.1) is 17.7 Å². The largest absolute Gasteiger partial charge is 0.492 e. The van der Waals surface area contributed by atoms with Crippen LogP contribution in [-0.4, -0.2) is 24.9 Å². The second-order valence-corrected chi connectivity index (χ2v) is 4.17. The number of hydrogen-bond donors (Lipinski definition) is 1. The molecule has 1 aromatic rings. The molecular weight excluding hydrogens is 240 g/mol. The normalized spacial score (nSPS) is 12.5. The predicted molar refractivity (Wildman–Crippen MR) is 68.7 cm³/mol. The third-order valence-corrected chi connectivity index (χ3v) is 2.63. The van der Waals surface area contributed by atoms with Gasteiger partial charge < -0.3 is 14.6 Å². The Morgan fingerprint density at radius 1 is 1.35 bits per heavy atom. The molecule has 0 aliphatic rings. The summed E-state index contributed by atoms with van der Waals surface area (Å²) in [7, 11) is 0. The van der Waals surface area contributed by atoms with Crippen molar-refractivity contribution in [2.24, 2.45) is 0 Å². The topological polar surface area (TPSA) is 38.7 Å². The van der Waals surface area contributed by atoms with Gasteiger partial charge in [-0.3, -0.25) is 0 Å². The van der Waals surface area contributed by atoms with Gasteiger partial charge in [0.2, 0.25) is 0 Å². The van der Waals surface area contributed by atoms with Gasteiger partial charge >= 0.3 is 0 Å². The predicted octanol–water partition coefficient (Wildman–Crippen LogP) is 3.20. The molecule has 3 nitrogen and oxygen atoms in total. The monoisotopic (exact) mass is 258 g/mol. The van der Waals surface area contributed by atoms with Crippen LogP contribution in [0.3, 0.4) is 0 Å². The molecule has 17 heavy (non-hydrogen) atoms. The van der Waals surface area contributed by atoms with Crippen LogP contribution in [0.4, 0.5) is 0 Å². The van der Waals surface area contributed by atoms with Crippen molar-refractivity contribution in [3.63, 3.8) is 0 Å². The van der Waals surface area contributed by atoms with Crippen LogP contribution in [0, 0.1) is 0 Å². The summed E-state index contributed by atoms with van der Waals surface area (Å²) in [5.74, 6) is 0.646. The van der Waals surface area contributed by atoms with E-state index in [9.17, 15) is 5.11 Å². The van der Waals surface area contributed by atoms with Crippen LogP contribution < -0.4 is 4.74 Å². The van der Waals surface area contributed by atoms with E-state index in [4.69, 9.17) is 21.1 Å². The van der Waals surface area contributed by atoms with Gasteiger partial charge in [-0.15, -0.1) is 0 Å². The van der Waals surface area contributed by atoms with Crippen molar-refractivity contribution >= 4 is 11.6 Å². The zero-order valence-electron chi connectivity index (χ0n) is 10.3. The van der Waals surface area contributed by atoms with Crippen LogP contribution in [0.25, 0.3) is 0 Å². The third kappa shape index (κ3) is 4.94. The van der Waals surface area contributed by atoms with Crippen molar-refractivity contribution in [1.82, 2.24) is 0 Å². The highest BCUT2D eigenvalue weighted by atomic mass is 35.5. The minimum absolute atomic E-state index is 0.514. The summed E-state index contributed by atoms with van der Waals surface area (Å²) in [5, 5.41) is 9.92. The van der Waals surface area contributed by atoms with Gasteiger partial charge in [0.15, 0.2) is 0 Å². The highest BCUT2D eigenvalue weighted by Gasteiger charge is 2.06. The molecule has 0 bridgehead atoms. The number of ether oxygens (including phenoxy) is 2. The lowest BCUT2D eigenvalue weighted by Crippen LogP contribution is -2.03. The minimum atomic E-state index is -0.514. The quantitative estimate of drug-likeness (QED) is 0.764. The molecule has 0 unspecified atom stereocenters. The highest BCUT2D eigenvalue weighted by Crippen LogP contribution is 2.27. The second-order valence-electron chi connectivity index (χ2n) is 3.76. The van der Waals surface area contributed by atoms with E-state index in [1.54, 1.807) is 19.1 Å². The standard InChI is InChI=1S/C13H19ClO3/c1-3-16-7-4-8-17-13-6-5-11(10(2)15)9-12(13)14/h5-6,9-10,15H,3-4,7-8H2,1-2H3/t10-/m1/s1. The Morgan fingerprint density at radius 2 is 2.12 bits per heavy atom. The van der Waals surface area contributed by atoms with E-state index in [1.807, 2.05) is 13.0 Å². The van der Waals surface area contributed by atoms with Crippen molar-refractivity contribution in [3.8, 4) is 5.75 Å². The SMILES string of the molecule is CCOCCCOc1ccc([C@@H](C)O)cc1Cl. The Hall–Kier alpha value is -0.770. The average Bonchev–Trinajstić information content (AvgIpc) is 2.30. The molecule has 1 N–H and O–H groups in total. The van der Waals surface area contributed by atoms with Crippen molar-refractivity contribution in [1.29, 1.82) is 0 Å². The summed E-state index contributed by atoms with van der Waals surface area (Å²) >= 11 is 6.05. The van der Waals surface area contributed by atoms with E-state index < -0.39 is 6.10 Å². The fourth-order valence-electron chi connectivity index (χ4n) is 1.38. The Labute approximate surface area is 107 Å². The molecule has 96 valence electrons. The van der Waals surface area contributed by atoms with E-state index in [0.29, 0.717) is 24.0 Å². The molecule has 0 saturated carbocycles. The second kappa shape index (κ2) is 7.54. The first-order valence-corrected chi connectivity index (χ1v) is 6.21. The maximum atomic E-state index is 9.40. The first-order valence-electron chi connectivity index (χ1n) is 5.83. The van der Waals surface area contributed by atoms with Gasteiger partial charge in [0, 0.05) is 19.6 Å². The smallest absolute Gasteiger partial charge is 0.137 e. The lowest BCUT2D eigenvalue weighted by molar-refractivity contribution is 0.131. The van der Waals surface area contributed by atoms with E-state index in [1.165, 1.54) is 0 Å². The molecule has 1 atom stereocenters. The molecule has 0 fully saturated rings. The fraction of sp³-hybridized carbons (Fsp3) is 0.538. The molecule has 0 aliphatic carbocycles. The molecule has 0 radical (unpaired) electrons. The molecule has 4 heteroatoms. The summed E-state index contributed by atoms with van der Waals surface area (Å²) in [4.78, 5) is 0. The first-order chi connectivity index (χ1) is 8.15. The molecule has 1 aromatic carbocycles. The van der Waals surface area contributed by atoms with E-state index in [-0.39, 0.29) is 0 Å². The first kappa shape index (κ1) is 14.3. The molecule has 0 saturated heterocycles. The van der Waals surface area contributed by atoms with E-state index in [0.717, 1.165) is 18.6 Å². The van der Waals surface area contributed by atoms with E-state index in [2.05, 4.69) is 0 Å². The number of aliphatic hydroxyl groups excluding tert-OH is 1. The van der Waals surface area contributed by atoms with Crippen LogP contribution in [0.2, 0.25) is 5.02 Å². The summed E-state index contributed by atoms with van der Waals surface area (Å²) in [6, 6.07) is 5.32. The Bertz CT molecular complexity index is 339. The Kier molecular flexibility index (Phi) is 6.34. The van der Waals surface area contributed by atoms with Gasteiger partial charge in [0.1, 0.15) is 5.75 Å². The lowest BCUT2D eigenvalue weighted by Gasteiger charge is -2.10. The van der Waals surface area contributed by atoms with Crippen LogP contribution in [0.15, 0.2) is 18.2 Å². The zero-order valence-corrected chi connectivity index (χ0v) is 11.0. The van der Waals surface area contributed by atoms with Crippen molar-refractivity contribution in [2.45, 2.75) is 26.4 Å². The molecule has 1 rings (SSSR count). The summed E-state index contributed by atoms with van der Waals surface area (Å²) in [6.45, 7) is 5.66. The van der Waals surface area contributed by atoms with Gasteiger partial charge in [0.25, 0.3) is 0 Å². The Balaban J connectivity index is 2.43. The number of rotatable bonds is 7. The van der Waals surface area contributed by atoms with Crippen LogP contribution in [-0.2, 0) is 4.74 Å². The molecule has 0 aliphatic heterocycles. The van der Waals surface area contributed by atoms with Crippen LogP contribution >= 0.6 is 11.6 Å². The zero-order chi connectivity index (χ0) is 12.7. The average molecular weight is 259 g/mol. The molecule has 0 aromatic heterocycles. The maximum Gasteiger partial charge on any atom is 0.137 e. The molecular formula is C13H19ClO3. The number of aliphatic hydroxyl groups is 1. The van der Waals surface area contributed by atoms with Crippen molar-refractivity contribution < 1.29 is 14.6 Å². The van der Waals surface area contributed by atoms with Gasteiger partial charge in [-0.1, -0.05) is 17.7 Å². The molecule has 0 amide bonds. The fourth-order valence-corrected chi connectivity index (χ4v) is 1.62. The Morgan fingerprint density at radius 3 is 2.71 bits per heavy atom. The molecule has 0 heterocycles. The number of hydrogen-bond acceptors (Lipinski definition) is 3. The minimum Gasteiger partial charge on any atom is -0.492 e. The van der Waals surface area contributed by atoms with Crippen molar-refractivity contribution in [3.05, 3.63) is 28.8 Å². The highest BCUT2D eigenvalue weighted by molar-refractivity contribution is 6.32. The van der Waals surface area contributed by atoms with Crippen LogP contribution in [0.1, 0.15) is 31.9 Å². The summed E-state index contributed by atoms with van der Waals surface area (Å²) in [5.41, 5.74) is 0.789. The summed E-state index contributed by atoms with van der Waals surface area (Å²) < 4.78 is 10.7. The van der Waals surface area contributed by atoms with Gasteiger partial charge in [-0.25, -0.2) is 0 Å². The lowest BCUT2D eigenvalue weighted by atomic mass is 10.1. The van der Waals surface area contributed by atoms with Gasteiger partial charge in [-0.2, -0.15) is 0 Å². The third-order valence-electron chi connectivity index (χ3n) is 2.33. The van der Waals surface area contributed by atoms with Gasteiger partial charge in [-0.05, 0) is 31.5 Å². The van der Waals surface area contributed by atoms with Crippen molar-refractivity contribution in [2.75, 3.05) is 19.8 Å². The number of halogens is 1. The summed E-state index contributed by atoms with van der Waals surface area (Å²) in [6.07, 6.45) is 0.321.